The molecule has 5 heteroatoms. The Morgan fingerprint density at radius 2 is 2.29 bits per heavy atom. The first kappa shape index (κ1) is 11.1. The van der Waals surface area contributed by atoms with Crippen molar-refractivity contribution in [2.24, 2.45) is 0 Å². The van der Waals surface area contributed by atoms with Crippen molar-refractivity contribution in [2.75, 3.05) is 19.7 Å². The summed E-state index contributed by atoms with van der Waals surface area (Å²) in [6, 6.07) is 0. The number of aromatic nitrogens is 2. The molecule has 0 bridgehead atoms. The van der Waals surface area contributed by atoms with Crippen molar-refractivity contribution >= 4 is 0 Å². The van der Waals surface area contributed by atoms with Gasteiger partial charge in [-0.15, -0.1) is 0 Å². The van der Waals surface area contributed by atoms with Gasteiger partial charge in [0.2, 0.25) is 5.89 Å². The molecule has 80 valence electrons. The van der Waals surface area contributed by atoms with E-state index in [-0.39, 0.29) is 6.61 Å². The van der Waals surface area contributed by atoms with E-state index in [1.807, 2.05) is 0 Å². The van der Waals surface area contributed by atoms with Gasteiger partial charge >= 0.3 is 0 Å². The van der Waals surface area contributed by atoms with Crippen LogP contribution in [0, 0.1) is 6.92 Å². The lowest BCUT2D eigenvalue weighted by Gasteiger charge is -2.16. The molecule has 0 saturated heterocycles. The molecule has 0 aliphatic rings. The maximum Gasteiger partial charge on any atom is 0.240 e. The summed E-state index contributed by atoms with van der Waals surface area (Å²) in [5.74, 6) is 1.31. The summed E-state index contributed by atoms with van der Waals surface area (Å²) in [5.41, 5.74) is 0. The molecule has 1 N–H and O–H groups in total. The maximum atomic E-state index is 8.70. The van der Waals surface area contributed by atoms with Crippen LogP contribution in [0.25, 0.3) is 0 Å². The summed E-state index contributed by atoms with van der Waals surface area (Å²) in [6.45, 7) is 6.53. The average Bonchev–Trinajstić information content (AvgIpc) is 2.58. The first-order chi connectivity index (χ1) is 6.76. The van der Waals surface area contributed by atoms with Crippen molar-refractivity contribution < 1.29 is 9.63 Å². The Labute approximate surface area is 83.7 Å². The molecular weight excluding hydrogens is 182 g/mol. The monoisotopic (exact) mass is 199 g/mol. The van der Waals surface area contributed by atoms with E-state index >= 15 is 0 Å². The molecule has 1 heterocycles. The topological polar surface area (TPSA) is 62.4 Å². The molecule has 0 atom stereocenters. The fraction of sp³-hybridized carbons (Fsp3) is 0.778. The van der Waals surface area contributed by atoms with Crippen LogP contribution < -0.4 is 0 Å². The smallest absolute Gasteiger partial charge is 0.240 e. The number of hydrogen-bond donors (Lipinski definition) is 1. The Kier molecular flexibility index (Phi) is 4.55. The first-order valence-corrected chi connectivity index (χ1v) is 4.88. The van der Waals surface area contributed by atoms with Crippen molar-refractivity contribution in [1.82, 2.24) is 15.0 Å². The van der Waals surface area contributed by atoms with Crippen LogP contribution in [-0.2, 0) is 6.54 Å². The van der Waals surface area contributed by atoms with Gasteiger partial charge in [-0.1, -0.05) is 12.1 Å². The van der Waals surface area contributed by atoms with Crippen LogP contribution in [0.15, 0.2) is 4.52 Å². The Morgan fingerprint density at radius 1 is 1.50 bits per heavy atom. The second-order valence-corrected chi connectivity index (χ2v) is 3.18. The lowest BCUT2D eigenvalue weighted by atomic mass is 10.4. The van der Waals surface area contributed by atoms with Gasteiger partial charge in [0.25, 0.3) is 0 Å². The first-order valence-electron chi connectivity index (χ1n) is 4.88. The van der Waals surface area contributed by atoms with E-state index in [0.29, 0.717) is 18.3 Å². The van der Waals surface area contributed by atoms with Crippen molar-refractivity contribution in [3.05, 3.63) is 11.7 Å². The minimum atomic E-state index is 0.222. The van der Waals surface area contributed by atoms with Gasteiger partial charge in [-0.25, -0.2) is 0 Å². The molecular formula is C9H17N3O2. The fourth-order valence-electron chi connectivity index (χ4n) is 1.24. The van der Waals surface area contributed by atoms with E-state index in [1.165, 1.54) is 0 Å². The Bertz CT molecular complexity index is 262. The average molecular weight is 199 g/mol. The molecule has 0 aromatic carbocycles. The van der Waals surface area contributed by atoms with Gasteiger partial charge in [0.05, 0.1) is 6.54 Å². The number of hydrogen-bond acceptors (Lipinski definition) is 5. The van der Waals surface area contributed by atoms with E-state index in [0.717, 1.165) is 19.5 Å². The van der Waals surface area contributed by atoms with Gasteiger partial charge in [0.15, 0.2) is 5.82 Å². The molecule has 0 aliphatic heterocycles. The predicted octanol–water partition coefficient (Wildman–Crippen LogP) is 0.582. The Morgan fingerprint density at radius 3 is 2.79 bits per heavy atom. The van der Waals surface area contributed by atoms with Crippen molar-refractivity contribution in [3.63, 3.8) is 0 Å². The molecule has 0 aliphatic carbocycles. The summed E-state index contributed by atoms with van der Waals surface area (Å²) in [5, 5.41) is 12.4. The Hall–Kier alpha value is -0.940. The van der Waals surface area contributed by atoms with Crippen LogP contribution in [-0.4, -0.2) is 39.8 Å². The van der Waals surface area contributed by atoms with E-state index in [9.17, 15) is 0 Å². The maximum absolute atomic E-state index is 8.70. The molecule has 1 aromatic heterocycles. The van der Waals surface area contributed by atoms with Crippen LogP contribution >= 0.6 is 0 Å². The minimum absolute atomic E-state index is 0.222. The molecule has 1 rings (SSSR count). The molecule has 5 nitrogen and oxygen atoms in total. The lowest BCUT2D eigenvalue weighted by molar-refractivity contribution is 0.205. The quantitative estimate of drug-likeness (QED) is 0.726. The zero-order valence-electron chi connectivity index (χ0n) is 8.73. The molecule has 1 aromatic rings. The van der Waals surface area contributed by atoms with E-state index in [4.69, 9.17) is 9.63 Å². The van der Waals surface area contributed by atoms with Crippen molar-refractivity contribution in [2.45, 2.75) is 26.8 Å². The predicted molar refractivity (Wildman–Crippen MR) is 51.7 cm³/mol. The van der Waals surface area contributed by atoms with E-state index in [2.05, 4.69) is 22.0 Å². The zero-order valence-corrected chi connectivity index (χ0v) is 8.73. The highest BCUT2D eigenvalue weighted by atomic mass is 16.5. The normalized spacial score (nSPS) is 11.1. The number of rotatable bonds is 6. The molecule has 0 saturated carbocycles. The van der Waals surface area contributed by atoms with E-state index in [1.54, 1.807) is 6.92 Å². The van der Waals surface area contributed by atoms with Crippen LogP contribution in [0.3, 0.4) is 0 Å². The molecule has 0 spiro atoms. The highest BCUT2D eigenvalue weighted by Crippen LogP contribution is 2.02. The van der Waals surface area contributed by atoms with Crippen LogP contribution in [0.5, 0.6) is 0 Å². The van der Waals surface area contributed by atoms with Gasteiger partial charge in [-0.3, -0.25) is 4.90 Å². The number of aliphatic hydroxyl groups is 1. The second-order valence-electron chi connectivity index (χ2n) is 3.18. The standard InChI is InChI=1S/C9H17N3O2/c1-3-12(5-4-6-13)7-9-10-8(2)11-14-9/h13H,3-7H2,1-2H3. The summed E-state index contributed by atoms with van der Waals surface area (Å²) >= 11 is 0. The SMILES string of the molecule is CCN(CCCO)Cc1nc(C)no1. The highest BCUT2D eigenvalue weighted by molar-refractivity contribution is 4.82. The lowest BCUT2D eigenvalue weighted by Crippen LogP contribution is -2.24. The largest absolute Gasteiger partial charge is 0.396 e. The summed E-state index contributed by atoms with van der Waals surface area (Å²) < 4.78 is 5.01. The van der Waals surface area contributed by atoms with Gasteiger partial charge < -0.3 is 9.63 Å². The molecule has 0 unspecified atom stereocenters. The second kappa shape index (κ2) is 5.72. The fourth-order valence-corrected chi connectivity index (χ4v) is 1.24. The van der Waals surface area contributed by atoms with Crippen molar-refractivity contribution in [1.29, 1.82) is 0 Å². The zero-order chi connectivity index (χ0) is 10.4. The molecule has 14 heavy (non-hydrogen) atoms. The number of aryl methyl sites for hydroxylation is 1. The van der Waals surface area contributed by atoms with Crippen LogP contribution in [0.1, 0.15) is 25.1 Å². The molecule has 0 radical (unpaired) electrons. The number of aliphatic hydroxyl groups excluding tert-OH is 1. The van der Waals surface area contributed by atoms with Gasteiger partial charge in [0, 0.05) is 13.2 Å². The third kappa shape index (κ3) is 3.43. The third-order valence-electron chi connectivity index (χ3n) is 2.01. The highest BCUT2D eigenvalue weighted by Gasteiger charge is 2.08. The van der Waals surface area contributed by atoms with Crippen LogP contribution in [0.4, 0.5) is 0 Å². The van der Waals surface area contributed by atoms with Gasteiger partial charge in [-0.2, -0.15) is 4.98 Å². The number of nitrogens with zero attached hydrogens (tertiary/aromatic N) is 3. The van der Waals surface area contributed by atoms with Gasteiger partial charge in [0.1, 0.15) is 0 Å². The molecule has 0 amide bonds. The van der Waals surface area contributed by atoms with Gasteiger partial charge in [-0.05, 0) is 19.9 Å². The minimum Gasteiger partial charge on any atom is -0.396 e. The summed E-state index contributed by atoms with van der Waals surface area (Å²) in [4.78, 5) is 6.28. The summed E-state index contributed by atoms with van der Waals surface area (Å²) in [7, 11) is 0. The Balaban J connectivity index is 2.40. The molecule has 0 fully saturated rings. The third-order valence-corrected chi connectivity index (χ3v) is 2.01. The van der Waals surface area contributed by atoms with Crippen LogP contribution in [0.2, 0.25) is 0 Å². The summed E-state index contributed by atoms with van der Waals surface area (Å²) in [6.07, 6.45) is 0.779. The van der Waals surface area contributed by atoms with Crippen molar-refractivity contribution in [3.8, 4) is 0 Å². The van der Waals surface area contributed by atoms with E-state index < -0.39 is 0 Å².